The van der Waals surface area contributed by atoms with Crippen LogP contribution in [-0.4, -0.2) is 13.2 Å². The van der Waals surface area contributed by atoms with E-state index in [0.717, 1.165) is 17.6 Å². The van der Waals surface area contributed by atoms with Crippen molar-refractivity contribution in [2.24, 2.45) is 5.41 Å². The molecule has 1 aliphatic heterocycles. The van der Waals surface area contributed by atoms with Crippen LogP contribution in [0.5, 0.6) is 0 Å². The quantitative estimate of drug-likeness (QED) is 0.846. The first-order chi connectivity index (χ1) is 7.08. The predicted molar refractivity (Wildman–Crippen MR) is 64.6 cm³/mol. The van der Waals surface area contributed by atoms with Crippen molar-refractivity contribution in [2.45, 2.75) is 20.1 Å². The van der Waals surface area contributed by atoms with Crippen LogP contribution in [0, 0.1) is 5.41 Å². The molecular formula is C12H16BrNO. The van der Waals surface area contributed by atoms with Crippen molar-refractivity contribution >= 4 is 15.9 Å². The summed E-state index contributed by atoms with van der Waals surface area (Å²) in [4.78, 5) is 0. The Morgan fingerprint density at radius 2 is 2.13 bits per heavy atom. The molecule has 0 aliphatic carbocycles. The molecule has 82 valence electrons. The highest BCUT2D eigenvalue weighted by Crippen LogP contribution is 2.30. The van der Waals surface area contributed by atoms with E-state index >= 15 is 0 Å². The maximum absolute atomic E-state index is 5.82. The van der Waals surface area contributed by atoms with E-state index in [9.17, 15) is 0 Å². The van der Waals surface area contributed by atoms with Gasteiger partial charge in [0.05, 0.1) is 6.61 Å². The van der Waals surface area contributed by atoms with Gasteiger partial charge in [0.2, 0.25) is 0 Å². The standard InChI is InChI=1S/C12H16BrNO/c1-12(2)7-14-11(15-8-12)9-5-3-4-6-10(9)13/h3-6,11,14H,7-8H2,1-2H3. The van der Waals surface area contributed by atoms with E-state index in [0.29, 0.717) is 0 Å². The molecule has 1 aliphatic rings. The van der Waals surface area contributed by atoms with E-state index in [1.807, 2.05) is 18.2 Å². The fourth-order valence-electron chi connectivity index (χ4n) is 1.68. The molecule has 0 saturated carbocycles. The second kappa shape index (κ2) is 4.24. The molecule has 0 radical (unpaired) electrons. The Morgan fingerprint density at radius 1 is 1.40 bits per heavy atom. The molecule has 1 unspecified atom stereocenters. The third kappa shape index (κ3) is 2.60. The van der Waals surface area contributed by atoms with Crippen LogP contribution in [0.4, 0.5) is 0 Å². The summed E-state index contributed by atoms with van der Waals surface area (Å²) in [5.74, 6) is 0. The van der Waals surface area contributed by atoms with Crippen LogP contribution in [-0.2, 0) is 4.74 Å². The lowest BCUT2D eigenvalue weighted by atomic mass is 9.93. The SMILES string of the molecule is CC1(C)CNC(c2ccccc2Br)OC1. The Morgan fingerprint density at radius 3 is 2.73 bits per heavy atom. The fraction of sp³-hybridized carbons (Fsp3) is 0.500. The normalized spacial score (nSPS) is 25.1. The highest BCUT2D eigenvalue weighted by Gasteiger charge is 2.28. The van der Waals surface area contributed by atoms with Crippen LogP contribution < -0.4 is 5.32 Å². The molecule has 2 nitrogen and oxygen atoms in total. The van der Waals surface area contributed by atoms with Crippen LogP contribution in [0.3, 0.4) is 0 Å². The zero-order chi connectivity index (χ0) is 10.9. The van der Waals surface area contributed by atoms with Gasteiger partial charge in [-0.3, -0.25) is 5.32 Å². The molecule has 15 heavy (non-hydrogen) atoms. The van der Waals surface area contributed by atoms with Crippen molar-refractivity contribution in [1.29, 1.82) is 0 Å². The smallest absolute Gasteiger partial charge is 0.135 e. The summed E-state index contributed by atoms with van der Waals surface area (Å²) in [5, 5.41) is 3.41. The van der Waals surface area contributed by atoms with Crippen molar-refractivity contribution < 1.29 is 4.74 Å². The maximum Gasteiger partial charge on any atom is 0.135 e. The van der Waals surface area contributed by atoms with Gasteiger partial charge in [0, 0.05) is 22.0 Å². The molecule has 1 heterocycles. The van der Waals surface area contributed by atoms with E-state index in [2.05, 4.69) is 41.2 Å². The van der Waals surface area contributed by atoms with Crippen molar-refractivity contribution in [3.63, 3.8) is 0 Å². The topological polar surface area (TPSA) is 21.3 Å². The van der Waals surface area contributed by atoms with Crippen molar-refractivity contribution in [3.8, 4) is 0 Å². The van der Waals surface area contributed by atoms with Crippen LogP contribution in [0.25, 0.3) is 0 Å². The molecule has 0 amide bonds. The molecule has 1 aromatic carbocycles. The van der Waals surface area contributed by atoms with E-state index in [1.165, 1.54) is 5.56 Å². The molecule has 1 atom stereocenters. The zero-order valence-electron chi connectivity index (χ0n) is 9.09. The monoisotopic (exact) mass is 269 g/mol. The average molecular weight is 270 g/mol. The Balaban J connectivity index is 2.11. The van der Waals surface area contributed by atoms with Crippen LogP contribution in [0.15, 0.2) is 28.7 Å². The van der Waals surface area contributed by atoms with Gasteiger partial charge in [0.15, 0.2) is 0 Å². The molecule has 0 bridgehead atoms. The van der Waals surface area contributed by atoms with Gasteiger partial charge < -0.3 is 4.74 Å². The highest BCUT2D eigenvalue weighted by molar-refractivity contribution is 9.10. The minimum atomic E-state index is 0.0219. The van der Waals surface area contributed by atoms with E-state index in [1.54, 1.807) is 0 Å². The first-order valence-electron chi connectivity index (χ1n) is 5.18. The lowest BCUT2D eigenvalue weighted by Gasteiger charge is -2.36. The third-order valence-electron chi connectivity index (χ3n) is 2.59. The highest BCUT2D eigenvalue weighted by atomic mass is 79.9. The van der Waals surface area contributed by atoms with Crippen LogP contribution in [0.2, 0.25) is 0 Å². The second-order valence-electron chi connectivity index (χ2n) is 4.76. The summed E-state index contributed by atoms with van der Waals surface area (Å²) < 4.78 is 6.92. The number of halogens is 1. The van der Waals surface area contributed by atoms with Gasteiger partial charge in [-0.1, -0.05) is 48.0 Å². The molecule has 3 heteroatoms. The first-order valence-corrected chi connectivity index (χ1v) is 5.97. The van der Waals surface area contributed by atoms with Gasteiger partial charge in [-0.05, 0) is 6.07 Å². The molecule has 1 aromatic rings. The molecule has 2 rings (SSSR count). The molecule has 0 aromatic heterocycles. The third-order valence-corrected chi connectivity index (χ3v) is 3.32. The van der Waals surface area contributed by atoms with Gasteiger partial charge >= 0.3 is 0 Å². The number of ether oxygens (including phenoxy) is 1. The minimum Gasteiger partial charge on any atom is -0.358 e. The van der Waals surface area contributed by atoms with Gasteiger partial charge in [-0.25, -0.2) is 0 Å². The number of hydrogen-bond acceptors (Lipinski definition) is 2. The summed E-state index contributed by atoms with van der Waals surface area (Å²) >= 11 is 3.54. The van der Waals surface area contributed by atoms with E-state index in [4.69, 9.17) is 4.74 Å². The summed E-state index contributed by atoms with van der Waals surface area (Å²) in [6, 6.07) is 8.17. The van der Waals surface area contributed by atoms with Crippen LogP contribution >= 0.6 is 15.9 Å². The van der Waals surface area contributed by atoms with Gasteiger partial charge in [-0.2, -0.15) is 0 Å². The molecule has 1 saturated heterocycles. The number of benzene rings is 1. The Labute approximate surface area is 99.1 Å². The second-order valence-corrected chi connectivity index (χ2v) is 5.61. The summed E-state index contributed by atoms with van der Waals surface area (Å²) in [6.07, 6.45) is 0.0219. The predicted octanol–water partition coefficient (Wildman–Crippen LogP) is 3.09. The molecule has 0 spiro atoms. The number of nitrogens with one attached hydrogen (secondary N) is 1. The summed E-state index contributed by atoms with van der Waals surface area (Å²) in [5.41, 5.74) is 1.41. The van der Waals surface area contributed by atoms with Crippen molar-refractivity contribution in [2.75, 3.05) is 13.2 Å². The van der Waals surface area contributed by atoms with Crippen molar-refractivity contribution in [3.05, 3.63) is 34.3 Å². The summed E-state index contributed by atoms with van der Waals surface area (Å²) in [7, 11) is 0. The van der Waals surface area contributed by atoms with Gasteiger partial charge in [0.25, 0.3) is 0 Å². The lowest BCUT2D eigenvalue weighted by molar-refractivity contribution is -0.0598. The molecule has 1 N–H and O–H groups in total. The first kappa shape index (κ1) is 11.1. The average Bonchev–Trinajstić information content (AvgIpc) is 2.19. The zero-order valence-corrected chi connectivity index (χ0v) is 10.7. The lowest BCUT2D eigenvalue weighted by Crippen LogP contribution is -2.43. The fourth-order valence-corrected chi connectivity index (χ4v) is 2.17. The van der Waals surface area contributed by atoms with E-state index in [-0.39, 0.29) is 11.6 Å². The van der Waals surface area contributed by atoms with E-state index < -0.39 is 0 Å². The largest absolute Gasteiger partial charge is 0.358 e. The van der Waals surface area contributed by atoms with Crippen molar-refractivity contribution in [1.82, 2.24) is 5.32 Å². The minimum absolute atomic E-state index is 0.0219. The molecular weight excluding hydrogens is 254 g/mol. The number of hydrogen-bond donors (Lipinski definition) is 1. The van der Waals surface area contributed by atoms with Crippen LogP contribution in [0.1, 0.15) is 25.6 Å². The maximum atomic E-state index is 5.82. The Kier molecular flexibility index (Phi) is 3.14. The Bertz CT molecular complexity index is 341. The van der Waals surface area contributed by atoms with Gasteiger partial charge in [0.1, 0.15) is 6.23 Å². The summed E-state index contributed by atoms with van der Waals surface area (Å²) in [6.45, 7) is 6.19. The Hall–Kier alpha value is -0.380. The van der Waals surface area contributed by atoms with Gasteiger partial charge in [-0.15, -0.1) is 0 Å². The molecule has 1 fully saturated rings. The number of rotatable bonds is 1.